The maximum absolute atomic E-state index is 5.66. The fourth-order valence-corrected chi connectivity index (χ4v) is 1.92. The van der Waals surface area contributed by atoms with Gasteiger partial charge in [0.05, 0.1) is 13.3 Å². The minimum atomic E-state index is 0.119. The second-order valence-electron chi connectivity index (χ2n) is 4.68. The number of nitrogens with one attached hydrogen (secondary N) is 1. The Hall–Kier alpha value is -2.80. The first-order chi connectivity index (χ1) is 11.7. The lowest BCUT2D eigenvalue weighted by Gasteiger charge is -2.09. The van der Waals surface area contributed by atoms with Crippen molar-refractivity contribution in [1.82, 2.24) is 5.43 Å². The number of thiocarbonyl (C=S) groups is 1. The summed E-state index contributed by atoms with van der Waals surface area (Å²) in [4.78, 5) is 0. The molecule has 7 heteroatoms. The number of nitrogens with zero attached hydrogens (tertiary/aromatic N) is 1. The third-order valence-corrected chi connectivity index (χ3v) is 3.00. The SMILES string of the molecule is COc1cccc(OCCOc2cccc(/C=N\NC(N)=S)c2)c1. The van der Waals surface area contributed by atoms with Crippen molar-refractivity contribution < 1.29 is 14.2 Å². The number of rotatable bonds is 8. The highest BCUT2D eigenvalue weighted by Gasteiger charge is 1.99. The summed E-state index contributed by atoms with van der Waals surface area (Å²) in [6, 6.07) is 14.9. The average Bonchev–Trinajstić information content (AvgIpc) is 2.59. The normalized spacial score (nSPS) is 10.4. The Morgan fingerprint density at radius 1 is 1.08 bits per heavy atom. The predicted molar refractivity (Wildman–Crippen MR) is 97.9 cm³/mol. The number of methoxy groups -OCH3 is 1. The molecule has 0 amide bonds. The number of ether oxygens (including phenoxy) is 3. The Labute approximate surface area is 146 Å². The van der Waals surface area contributed by atoms with Gasteiger partial charge in [-0.1, -0.05) is 18.2 Å². The largest absolute Gasteiger partial charge is 0.497 e. The van der Waals surface area contributed by atoms with Gasteiger partial charge in [0, 0.05) is 6.07 Å². The molecule has 2 rings (SSSR count). The van der Waals surface area contributed by atoms with E-state index in [1.807, 2.05) is 48.5 Å². The van der Waals surface area contributed by atoms with Gasteiger partial charge in [-0.25, -0.2) is 0 Å². The fraction of sp³-hybridized carbons (Fsp3) is 0.176. The average molecular weight is 345 g/mol. The summed E-state index contributed by atoms with van der Waals surface area (Å²) in [6.45, 7) is 0.845. The highest BCUT2D eigenvalue weighted by atomic mass is 32.1. The molecule has 0 saturated carbocycles. The first-order valence-electron chi connectivity index (χ1n) is 7.25. The van der Waals surface area contributed by atoms with Gasteiger partial charge in [0.1, 0.15) is 30.5 Å². The second kappa shape index (κ2) is 9.36. The molecule has 0 aliphatic carbocycles. The third-order valence-electron chi connectivity index (χ3n) is 2.91. The molecule has 0 saturated heterocycles. The predicted octanol–water partition coefficient (Wildman–Crippen LogP) is 2.32. The number of hydrogen-bond donors (Lipinski definition) is 2. The minimum Gasteiger partial charge on any atom is -0.497 e. The number of hydrogen-bond acceptors (Lipinski definition) is 5. The van der Waals surface area contributed by atoms with E-state index in [2.05, 4.69) is 22.7 Å². The molecule has 0 aliphatic rings. The number of hydrazone groups is 1. The highest BCUT2D eigenvalue weighted by molar-refractivity contribution is 7.80. The van der Waals surface area contributed by atoms with Crippen LogP contribution >= 0.6 is 12.2 Å². The molecule has 0 fully saturated rings. The zero-order valence-electron chi connectivity index (χ0n) is 13.3. The van der Waals surface area contributed by atoms with Crippen LogP contribution in [0.4, 0.5) is 0 Å². The number of nitrogens with two attached hydrogens (primary N) is 1. The zero-order valence-corrected chi connectivity index (χ0v) is 14.1. The standard InChI is InChI=1S/C17H19N3O3S/c1-21-14-5-3-7-16(11-14)23-9-8-22-15-6-2-4-13(10-15)12-19-20-17(18)24/h2-7,10-12H,8-9H2,1H3,(H3,18,20,24)/b19-12-. The van der Waals surface area contributed by atoms with Crippen LogP contribution in [0.1, 0.15) is 5.56 Å². The zero-order chi connectivity index (χ0) is 17.2. The molecule has 126 valence electrons. The van der Waals surface area contributed by atoms with Crippen LogP contribution in [0.15, 0.2) is 53.6 Å². The van der Waals surface area contributed by atoms with Crippen molar-refractivity contribution in [2.75, 3.05) is 20.3 Å². The molecule has 0 aromatic heterocycles. The van der Waals surface area contributed by atoms with Crippen molar-refractivity contribution in [3.63, 3.8) is 0 Å². The van der Waals surface area contributed by atoms with Crippen LogP contribution in [0.3, 0.4) is 0 Å². The highest BCUT2D eigenvalue weighted by Crippen LogP contribution is 2.18. The van der Waals surface area contributed by atoms with Gasteiger partial charge in [-0.2, -0.15) is 5.10 Å². The van der Waals surface area contributed by atoms with E-state index in [0.29, 0.717) is 13.2 Å². The molecule has 2 aromatic rings. The van der Waals surface area contributed by atoms with E-state index < -0.39 is 0 Å². The Kier molecular flexibility index (Phi) is 6.85. The minimum absolute atomic E-state index is 0.119. The quantitative estimate of drug-likeness (QED) is 0.331. The summed E-state index contributed by atoms with van der Waals surface area (Å²) >= 11 is 4.67. The van der Waals surface area contributed by atoms with E-state index in [-0.39, 0.29) is 5.11 Å². The Morgan fingerprint density at radius 2 is 1.71 bits per heavy atom. The molecule has 2 aromatic carbocycles. The molecule has 6 nitrogen and oxygen atoms in total. The topological polar surface area (TPSA) is 78.1 Å². The van der Waals surface area contributed by atoms with E-state index in [1.54, 1.807) is 13.3 Å². The van der Waals surface area contributed by atoms with Gasteiger partial charge in [0.15, 0.2) is 5.11 Å². The van der Waals surface area contributed by atoms with Crippen molar-refractivity contribution >= 4 is 23.5 Å². The summed E-state index contributed by atoms with van der Waals surface area (Å²) in [5.74, 6) is 2.22. The van der Waals surface area contributed by atoms with Gasteiger partial charge in [0.25, 0.3) is 0 Å². The lowest BCUT2D eigenvalue weighted by Crippen LogP contribution is -2.23. The first kappa shape index (κ1) is 17.6. The third kappa shape index (κ3) is 6.13. The lowest BCUT2D eigenvalue weighted by molar-refractivity contribution is 0.216. The van der Waals surface area contributed by atoms with Crippen molar-refractivity contribution in [1.29, 1.82) is 0 Å². The van der Waals surface area contributed by atoms with Crippen LogP contribution in [-0.4, -0.2) is 31.7 Å². The molecular weight excluding hydrogens is 326 g/mol. The van der Waals surface area contributed by atoms with Crippen LogP contribution in [0.25, 0.3) is 0 Å². The Bertz CT molecular complexity index is 707. The lowest BCUT2D eigenvalue weighted by atomic mass is 10.2. The van der Waals surface area contributed by atoms with E-state index in [1.165, 1.54) is 0 Å². The number of benzene rings is 2. The van der Waals surface area contributed by atoms with Gasteiger partial charge < -0.3 is 19.9 Å². The molecule has 0 radical (unpaired) electrons. The summed E-state index contributed by atoms with van der Waals surface area (Å²) in [6.07, 6.45) is 1.61. The summed E-state index contributed by atoms with van der Waals surface area (Å²) in [5.41, 5.74) is 8.66. The van der Waals surface area contributed by atoms with Crippen LogP contribution in [0, 0.1) is 0 Å². The summed E-state index contributed by atoms with van der Waals surface area (Å²) < 4.78 is 16.4. The maximum Gasteiger partial charge on any atom is 0.184 e. The monoisotopic (exact) mass is 345 g/mol. The van der Waals surface area contributed by atoms with Gasteiger partial charge in [-0.05, 0) is 42.0 Å². The molecule has 0 spiro atoms. The van der Waals surface area contributed by atoms with Crippen molar-refractivity contribution in [2.45, 2.75) is 0 Å². The van der Waals surface area contributed by atoms with Crippen LogP contribution in [0.5, 0.6) is 17.2 Å². The van der Waals surface area contributed by atoms with Gasteiger partial charge in [-0.15, -0.1) is 0 Å². The fourth-order valence-electron chi connectivity index (χ4n) is 1.87. The molecule has 24 heavy (non-hydrogen) atoms. The summed E-state index contributed by atoms with van der Waals surface area (Å²) in [7, 11) is 1.62. The molecule has 0 unspecified atom stereocenters. The van der Waals surface area contributed by atoms with Gasteiger partial charge in [-0.3, -0.25) is 5.43 Å². The molecule has 0 bridgehead atoms. The van der Waals surface area contributed by atoms with E-state index in [0.717, 1.165) is 22.8 Å². The van der Waals surface area contributed by atoms with Crippen LogP contribution < -0.4 is 25.4 Å². The van der Waals surface area contributed by atoms with Crippen molar-refractivity contribution in [3.8, 4) is 17.2 Å². The molecular formula is C17H19N3O3S. The second-order valence-corrected chi connectivity index (χ2v) is 5.12. The van der Waals surface area contributed by atoms with Crippen molar-refractivity contribution in [2.24, 2.45) is 10.8 Å². The summed E-state index contributed by atoms with van der Waals surface area (Å²) in [5, 5.41) is 4.02. The maximum atomic E-state index is 5.66. The Morgan fingerprint density at radius 3 is 2.38 bits per heavy atom. The smallest absolute Gasteiger partial charge is 0.184 e. The van der Waals surface area contributed by atoms with E-state index >= 15 is 0 Å². The first-order valence-corrected chi connectivity index (χ1v) is 7.66. The van der Waals surface area contributed by atoms with Crippen LogP contribution in [-0.2, 0) is 0 Å². The van der Waals surface area contributed by atoms with E-state index in [4.69, 9.17) is 19.9 Å². The van der Waals surface area contributed by atoms with Gasteiger partial charge >= 0.3 is 0 Å². The van der Waals surface area contributed by atoms with Crippen molar-refractivity contribution in [3.05, 3.63) is 54.1 Å². The molecule has 0 atom stereocenters. The molecule has 0 aliphatic heterocycles. The van der Waals surface area contributed by atoms with E-state index in [9.17, 15) is 0 Å². The Balaban J connectivity index is 1.79. The molecule has 3 N–H and O–H groups in total. The van der Waals surface area contributed by atoms with Crippen LogP contribution in [0.2, 0.25) is 0 Å². The van der Waals surface area contributed by atoms with Gasteiger partial charge in [0.2, 0.25) is 0 Å². The molecule has 0 heterocycles.